The number of carbonyl (C=O) groups excluding carboxylic acids is 1. The van der Waals surface area contributed by atoms with Crippen LogP contribution in [-0.4, -0.2) is 23.9 Å². The Labute approximate surface area is 125 Å². The topological polar surface area (TPSA) is 20.3 Å². The summed E-state index contributed by atoms with van der Waals surface area (Å²) < 4.78 is 1.05. The van der Waals surface area contributed by atoms with Crippen molar-refractivity contribution in [1.29, 1.82) is 0 Å². The molecule has 0 N–H and O–H groups in total. The first-order valence-corrected chi connectivity index (χ1v) is 7.98. The molecule has 106 valence electrons. The van der Waals surface area contributed by atoms with Gasteiger partial charge in [0.15, 0.2) is 0 Å². The first-order chi connectivity index (χ1) is 9.17. The van der Waals surface area contributed by atoms with Crippen LogP contribution < -0.4 is 0 Å². The number of halogens is 1. The summed E-state index contributed by atoms with van der Waals surface area (Å²) in [4.78, 5) is 14.3. The zero-order valence-electron chi connectivity index (χ0n) is 12.0. The Morgan fingerprint density at radius 1 is 1.05 bits per heavy atom. The Morgan fingerprint density at radius 3 is 2.05 bits per heavy atom. The van der Waals surface area contributed by atoms with Gasteiger partial charge in [-0.1, -0.05) is 54.8 Å². The van der Waals surface area contributed by atoms with Gasteiger partial charge in [0.2, 0.25) is 5.91 Å². The van der Waals surface area contributed by atoms with Crippen LogP contribution >= 0.6 is 15.9 Å². The van der Waals surface area contributed by atoms with E-state index in [1.54, 1.807) is 0 Å². The molecule has 2 nitrogen and oxygen atoms in total. The van der Waals surface area contributed by atoms with Crippen molar-refractivity contribution in [3.05, 3.63) is 34.3 Å². The van der Waals surface area contributed by atoms with Gasteiger partial charge in [0.05, 0.1) is 6.42 Å². The van der Waals surface area contributed by atoms with Crippen LogP contribution in [0, 0.1) is 0 Å². The van der Waals surface area contributed by atoms with Gasteiger partial charge in [-0.3, -0.25) is 4.79 Å². The largest absolute Gasteiger partial charge is 0.342 e. The predicted octanol–water partition coefficient (Wildman–Crippen LogP) is 4.42. The predicted molar refractivity (Wildman–Crippen MR) is 84.2 cm³/mol. The zero-order chi connectivity index (χ0) is 14.1. The highest BCUT2D eigenvalue weighted by Crippen LogP contribution is 2.12. The second kappa shape index (κ2) is 9.13. The lowest BCUT2D eigenvalue weighted by atomic mass is 10.1. The Hall–Kier alpha value is -0.830. The summed E-state index contributed by atoms with van der Waals surface area (Å²) in [5.74, 6) is 0.254. The van der Waals surface area contributed by atoms with Gasteiger partial charge >= 0.3 is 0 Å². The van der Waals surface area contributed by atoms with E-state index in [9.17, 15) is 4.79 Å². The molecule has 1 aromatic rings. The molecule has 0 saturated heterocycles. The molecule has 0 saturated carbocycles. The first kappa shape index (κ1) is 16.2. The van der Waals surface area contributed by atoms with Gasteiger partial charge in [-0.05, 0) is 30.5 Å². The SMILES string of the molecule is CCCCN(CCCC)C(=O)Cc1ccc(Br)cc1. The van der Waals surface area contributed by atoms with Crippen LogP contribution in [0.25, 0.3) is 0 Å². The van der Waals surface area contributed by atoms with Crippen molar-refractivity contribution in [2.75, 3.05) is 13.1 Å². The van der Waals surface area contributed by atoms with Gasteiger partial charge in [-0.15, -0.1) is 0 Å². The summed E-state index contributed by atoms with van der Waals surface area (Å²) in [6.45, 7) is 6.12. The molecule has 0 aromatic heterocycles. The van der Waals surface area contributed by atoms with Crippen molar-refractivity contribution < 1.29 is 4.79 Å². The van der Waals surface area contributed by atoms with Crippen LogP contribution in [0.2, 0.25) is 0 Å². The molecular formula is C16H24BrNO. The highest BCUT2D eigenvalue weighted by atomic mass is 79.9. The summed E-state index contributed by atoms with van der Waals surface area (Å²) in [5, 5.41) is 0. The fourth-order valence-corrected chi connectivity index (χ4v) is 2.21. The monoisotopic (exact) mass is 325 g/mol. The van der Waals surface area contributed by atoms with Gasteiger partial charge in [-0.2, -0.15) is 0 Å². The molecule has 0 aliphatic carbocycles. The fourth-order valence-electron chi connectivity index (χ4n) is 1.95. The molecule has 0 heterocycles. The third kappa shape index (κ3) is 6.24. The Kier molecular flexibility index (Phi) is 7.80. The van der Waals surface area contributed by atoms with Gasteiger partial charge in [0, 0.05) is 17.6 Å². The summed E-state index contributed by atoms with van der Waals surface area (Å²) in [7, 11) is 0. The number of hydrogen-bond acceptors (Lipinski definition) is 1. The number of hydrogen-bond donors (Lipinski definition) is 0. The van der Waals surface area contributed by atoms with E-state index in [1.807, 2.05) is 29.2 Å². The minimum absolute atomic E-state index is 0.254. The van der Waals surface area contributed by atoms with Crippen LogP contribution in [0.3, 0.4) is 0 Å². The second-order valence-electron chi connectivity index (χ2n) is 4.89. The Balaban J connectivity index is 2.56. The summed E-state index contributed by atoms with van der Waals surface area (Å²) in [5.41, 5.74) is 1.09. The number of carbonyl (C=O) groups is 1. The summed E-state index contributed by atoms with van der Waals surface area (Å²) >= 11 is 3.41. The average molecular weight is 326 g/mol. The van der Waals surface area contributed by atoms with Crippen molar-refractivity contribution in [2.24, 2.45) is 0 Å². The van der Waals surface area contributed by atoms with E-state index in [-0.39, 0.29) is 5.91 Å². The van der Waals surface area contributed by atoms with E-state index in [1.165, 1.54) is 0 Å². The third-order valence-corrected chi connectivity index (χ3v) is 3.71. The molecule has 0 atom stereocenters. The smallest absolute Gasteiger partial charge is 0.226 e. The van der Waals surface area contributed by atoms with Crippen molar-refractivity contribution in [2.45, 2.75) is 46.0 Å². The highest BCUT2D eigenvalue weighted by Gasteiger charge is 2.12. The lowest BCUT2D eigenvalue weighted by molar-refractivity contribution is -0.130. The van der Waals surface area contributed by atoms with E-state index in [0.717, 1.165) is 48.8 Å². The van der Waals surface area contributed by atoms with Crippen molar-refractivity contribution >= 4 is 21.8 Å². The van der Waals surface area contributed by atoms with Crippen LogP contribution in [0.1, 0.15) is 45.1 Å². The van der Waals surface area contributed by atoms with Gasteiger partial charge in [-0.25, -0.2) is 0 Å². The molecule has 0 fully saturated rings. The maximum absolute atomic E-state index is 12.3. The molecule has 0 unspecified atom stereocenters. The van der Waals surface area contributed by atoms with Crippen molar-refractivity contribution in [3.63, 3.8) is 0 Å². The molecule has 19 heavy (non-hydrogen) atoms. The van der Waals surface area contributed by atoms with E-state index < -0.39 is 0 Å². The van der Waals surface area contributed by atoms with Gasteiger partial charge in [0.1, 0.15) is 0 Å². The van der Waals surface area contributed by atoms with Crippen LogP contribution in [-0.2, 0) is 11.2 Å². The summed E-state index contributed by atoms with van der Waals surface area (Å²) in [6, 6.07) is 8.01. The maximum atomic E-state index is 12.3. The molecule has 1 aromatic carbocycles. The lowest BCUT2D eigenvalue weighted by Gasteiger charge is -2.22. The molecule has 0 aliphatic rings. The number of rotatable bonds is 8. The number of nitrogens with zero attached hydrogens (tertiary/aromatic N) is 1. The molecule has 3 heteroatoms. The minimum atomic E-state index is 0.254. The Bertz CT molecular complexity index is 367. The van der Waals surface area contributed by atoms with Gasteiger partial charge in [0.25, 0.3) is 0 Å². The van der Waals surface area contributed by atoms with Crippen molar-refractivity contribution in [1.82, 2.24) is 4.90 Å². The fraction of sp³-hybridized carbons (Fsp3) is 0.562. The van der Waals surface area contributed by atoms with E-state index in [2.05, 4.69) is 29.8 Å². The van der Waals surface area contributed by atoms with E-state index >= 15 is 0 Å². The molecular weight excluding hydrogens is 302 g/mol. The highest BCUT2D eigenvalue weighted by molar-refractivity contribution is 9.10. The Morgan fingerprint density at radius 2 is 1.58 bits per heavy atom. The van der Waals surface area contributed by atoms with Crippen LogP contribution in [0.15, 0.2) is 28.7 Å². The number of amides is 1. The molecule has 1 amide bonds. The van der Waals surface area contributed by atoms with Gasteiger partial charge < -0.3 is 4.90 Å². The number of benzene rings is 1. The number of unbranched alkanes of at least 4 members (excludes halogenated alkanes) is 2. The second-order valence-corrected chi connectivity index (χ2v) is 5.81. The molecule has 1 rings (SSSR count). The quantitative estimate of drug-likeness (QED) is 0.692. The first-order valence-electron chi connectivity index (χ1n) is 7.19. The van der Waals surface area contributed by atoms with E-state index in [0.29, 0.717) is 6.42 Å². The molecule has 0 radical (unpaired) electrons. The van der Waals surface area contributed by atoms with Crippen molar-refractivity contribution in [3.8, 4) is 0 Å². The maximum Gasteiger partial charge on any atom is 0.226 e. The molecule has 0 bridgehead atoms. The van der Waals surface area contributed by atoms with Crippen LogP contribution in [0.5, 0.6) is 0 Å². The average Bonchev–Trinajstić information content (AvgIpc) is 2.41. The minimum Gasteiger partial charge on any atom is -0.342 e. The van der Waals surface area contributed by atoms with Crippen LogP contribution in [0.4, 0.5) is 0 Å². The molecule has 0 aliphatic heterocycles. The standard InChI is InChI=1S/C16H24BrNO/c1-3-5-11-18(12-6-4-2)16(19)13-14-7-9-15(17)10-8-14/h7-10H,3-6,11-13H2,1-2H3. The molecule has 0 spiro atoms. The normalized spacial score (nSPS) is 10.5. The zero-order valence-corrected chi connectivity index (χ0v) is 13.6. The van der Waals surface area contributed by atoms with E-state index in [4.69, 9.17) is 0 Å². The lowest BCUT2D eigenvalue weighted by Crippen LogP contribution is -2.34. The third-order valence-electron chi connectivity index (χ3n) is 3.18. The summed E-state index contributed by atoms with van der Waals surface area (Å²) in [6.07, 6.45) is 4.97.